The average Bonchev–Trinajstić information content (AvgIpc) is 3.25. The molecule has 2 heterocycles. The van der Waals surface area contributed by atoms with Crippen molar-refractivity contribution in [3.63, 3.8) is 0 Å². The van der Waals surface area contributed by atoms with Crippen molar-refractivity contribution in [1.29, 1.82) is 5.26 Å². The third-order valence-corrected chi connectivity index (χ3v) is 6.68. The van der Waals surface area contributed by atoms with E-state index in [-0.39, 0.29) is 36.2 Å². The summed E-state index contributed by atoms with van der Waals surface area (Å²) >= 11 is 6.43. The zero-order valence-electron chi connectivity index (χ0n) is 20.2. The van der Waals surface area contributed by atoms with E-state index in [4.69, 9.17) is 16.3 Å². The standard InChI is InChI=1S/C26H28ClN5O3.ClH/c1-3-19(4-2)35-26(34)32-23-10-8-17(20-12-16(14-28)7-9-22(20)27)13-21(23)24(31-32)30-25(33)18-6-5-11-29-15-18;/h7-10,12-13,18-19,29H,3-6,11,15H2,1-2H3,(H,30,31,33);1H/t18-;/m1./s1. The number of anilines is 1. The number of aromatic nitrogens is 2. The lowest BCUT2D eigenvalue weighted by molar-refractivity contribution is -0.120. The normalized spacial score (nSPS) is 15.2. The number of fused-ring (bicyclic) bond motifs is 1. The minimum atomic E-state index is -0.596. The van der Waals surface area contributed by atoms with Crippen LogP contribution >= 0.6 is 24.0 Å². The van der Waals surface area contributed by atoms with Crippen LogP contribution in [-0.4, -0.2) is 41.0 Å². The van der Waals surface area contributed by atoms with Crippen LogP contribution in [0.3, 0.4) is 0 Å². The van der Waals surface area contributed by atoms with Gasteiger partial charge in [0.05, 0.1) is 23.1 Å². The molecule has 1 saturated heterocycles. The van der Waals surface area contributed by atoms with Gasteiger partial charge >= 0.3 is 6.09 Å². The van der Waals surface area contributed by atoms with E-state index in [9.17, 15) is 14.9 Å². The molecule has 1 amide bonds. The average molecular weight is 530 g/mol. The summed E-state index contributed by atoms with van der Waals surface area (Å²) in [5.41, 5.74) is 2.40. The highest BCUT2D eigenvalue weighted by Gasteiger charge is 2.25. The molecule has 2 aromatic carbocycles. The molecular formula is C26H29Cl2N5O3. The molecule has 0 radical (unpaired) electrons. The number of amides is 1. The van der Waals surface area contributed by atoms with Crippen LogP contribution in [0.25, 0.3) is 22.0 Å². The van der Waals surface area contributed by atoms with E-state index in [1.807, 2.05) is 26.0 Å². The van der Waals surface area contributed by atoms with E-state index in [1.165, 1.54) is 4.68 Å². The van der Waals surface area contributed by atoms with Crippen molar-refractivity contribution < 1.29 is 14.3 Å². The summed E-state index contributed by atoms with van der Waals surface area (Å²) in [7, 11) is 0. The predicted molar refractivity (Wildman–Crippen MR) is 143 cm³/mol. The lowest BCUT2D eigenvalue weighted by Gasteiger charge is -2.21. The minimum absolute atomic E-state index is 0. The number of nitrogens with one attached hydrogen (secondary N) is 2. The van der Waals surface area contributed by atoms with E-state index in [1.54, 1.807) is 24.3 Å². The summed E-state index contributed by atoms with van der Waals surface area (Å²) in [6.07, 6.45) is 2.28. The van der Waals surface area contributed by atoms with Crippen LogP contribution in [-0.2, 0) is 9.53 Å². The zero-order chi connectivity index (χ0) is 24.9. The Morgan fingerprint density at radius 3 is 2.72 bits per heavy atom. The van der Waals surface area contributed by atoms with Gasteiger partial charge in [0, 0.05) is 22.5 Å². The Bertz CT molecular complexity index is 1290. The summed E-state index contributed by atoms with van der Waals surface area (Å²) < 4.78 is 6.82. The maximum Gasteiger partial charge on any atom is 0.435 e. The Hall–Kier alpha value is -3.12. The first-order chi connectivity index (χ1) is 16.9. The Labute approximate surface area is 221 Å². The number of hydrogen-bond donors (Lipinski definition) is 2. The maximum atomic E-state index is 13.0. The molecule has 1 aliphatic rings. The lowest BCUT2D eigenvalue weighted by Crippen LogP contribution is -2.37. The molecule has 8 nitrogen and oxygen atoms in total. The van der Waals surface area contributed by atoms with E-state index in [2.05, 4.69) is 21.8 Å². The highest BCUT2D eigenvalue weighted by molar-refractivity contribution is 6.33. The second-order valence-electron chi connectivity index (χ2n) is 8.65. The fourth-order valence-electron chi connectivity index (χ4n) is 4.28. The van der Waals surface area contributed by atoms with Gasteiger partial charge in [-0.05, 0) is 68.1 Å². The highest BCUT2D eigenvalue weighted by atomic mass is 35.5. The molecule has 1 fully saturated rings. The van der Waals surface area contributed by atoms with Gasteiger partial charge in [-0.1, -0.05) is 31.5 Å². The Morgan fingerprint density at radius 1 is 1.28 bits per heavy atom. The molecule has 2 N–H and O–H groups in total. The van der Waals surface area contributed by atoms with Gasteiger partial charge in [0.15, 0.2) is 5.82 Å². The van der Waals surface area contributed by atoms with Gasteiger partial charge in [0.2, 0.25) is 5.91 Å². The molecule has 36 heavy (non-hydrogen) atoms. The highest BCUT2D eigenvalue weighted by Crippen LogP contribution is 2.34. The molecule has 190 valence electrons. The first-order valence-electron chi connectivity index (χ1n) is 11.9. The van der Waals surface area contributed by atoms with Crippen molar-refractivity contribution in [2.75, 3.05) is 18.4 Å². The quantitative estimate of drug-likeness (QED) is 0.419. The van der Waals surface area contributed by atoms with Gasteiger partial charge in [-0.2, -0.15) is 9.94 Å². The third-order valence-electron chi connectivity index (χ3n) is 6.35. The summed E-state index contributed by atoms with van der Waals surface area (Å²) in [5, 5.41) is 21.0. The topological polar surface area (TPSA) is 109 Å². The van der Waals surface area contributed by atoms with Gasteiger partial charge in [0.25, 0.3) is 0 Å². The van der Waals surface area contributed by atoms with Crippen molar-refractivity contribution in [2.45, 2.75) is 45.6 Å². The molecule has 1 aliphatic heterocycles. The Morgan fingerprint density at radius 2 is 2.06 bits per heavy atom. The molecule has 3 aromatic rings. The number of benzene rings is 2. The number of piperidine rings is 1. The molecule has 10 heteroatoms. The van der Waals surface area contributed by atoms with Crippen molar-refractivity contribution in [2.24, 2.45) is 5.92 Å². The molecule has 0 spiro atoms. The summed E-state index contributed by atoms with van der Waals surface area (Å²) in [4.78, 5) is 26.0. The van der Waals surface area contributed by atoms with E-state index >= 15 is 0 Å². The number of nitriles is 1. The second kappa shape index (κ2) is 12.2. The predicted octanol–water partition coefficient (Wildman–Crippen LogP) is 5.76. The zero-order valence-corrected chi connectivity index (χ0v) is 21.8. The van der Waals surface area contributed by atoms with Crippen LogP contribution in [0.2, 0.25) is 5.02 Å². The first kappa shape index (κ1) is 27.5. The molecule has 0 saturated carbocycles. The van der Waals surface area contributed by atoms with E-state index < -0.39 is 6.09 Å². The van der Waals surface area contributed by atoms with Crippen LogP contribution in [0, 0.1) is 17.2 Å². The minimum Gasteiger partial charge on any atom is -0.445 e. The number of nitrogens with zero attached hydrogens (tertiary/aromatic N) is 3. The number of carbonyl (C=O) groups is 2. The number of hydrogen-bond acceptors (Lipinski definition) is 6. The number of halogens is 2. The molecule has 1 aromatic heterocycles. The van der Waals surface area contributed by atoms with E-state index in [0.717, 1.165) is 24.9 Å². The largest absolute Gasteiger partial charge is 0.445 e. The monoisotopic (exact) mass is 529 g/mol. The molecule has 0 unspecified atom stereocenters. The Kier molecular flexibility index (Phi) is 9.32. The summed E-state index contributed by atoms with van der Waals surface area (Å²) in [5.74, 6) is -0.0380. The van der Waals surface area contributed by atoms with Gasteiger partial charge in [0.1, 0.15) is 6.10 Å². The van der Waals surface area contributed by atoms with Crippen molar-refractivity contribution >= 4 is 52.7 Å². The smallest absolute Gasteiger partial charge is 0.435 e. The fraction of sp³-hybridized carbons (Fsp3) is 0.385. The Balaban J connectivity index is 0.00000361. The molecule has 1 atom stereocenters. The van der Waals surface area contributed by atoms with Crippen LogP contribution in [0.15, 0.2) is 36.4 Å². The third kappa shape index (κ3) is 5.81. The van der Waals surface area contributed by atoms with Gasteiger partial charge < -0.3 is 15.4 Å². The van der Waals surface area contributed by atoms with Crippen LogP contribution < -0.4 is 10.6 Å². The number of carbonyl (C=O) groups excluding carboxylic acids is 2. The van der Waals surface area contributed by atoms with Crippen molar-refractivity contribution in [3.05, 3.63) is 47.0 Å². The summed E-state index contributed by atoms with van der Waals surface area (Å²) in [6, 6.07) is 12.5. The van der Waals surface area contributed by atoms with Gasteiger partial charge in [-0.25, -0.2) is 4.79 Å². The molecular weight excluding hydrogens is 501 g/mol. The first-order valence-corrected chi connectivity index (χ1v) is 12.3. The number of rotatable bonds is 6. The van der Waals surface area contributed by atoms with Crippen LogP contribution in [0.4, 0.5) is 10.6 Å². The van der Waals surface area contributed by atoms with Crippen molar-refractivity contribution in [3.8, 4) is 17.2 Å². The molecule has 4 rings (SSSR count). The fourth-order valence-corrected chi connectivity index (χ4v) is 4.50. The van der Waals surface area contributed by atoms with Gasteiger partial charge in [-0.15, -0.1) is 17.5 Å². The van der Waals surface area contributed by atoms with Crippen LogP contribution in [0.5, 0.6) is 0 Å². The van der Waals surface area contributed by atoms with Crippen molar-refractivity contribution in [1.82, 2.24) is 15.1 Å². The number of ether oxygens (including phenoxy) is 1. The maximum absolute atomic E-state index is 13.0. The van der Waals surface area contributed by atoms with E-state index in [0.29, 0.717) is 46.4 Å². The van der Waals surface area contributed by atoms with Crippen LogP contribution in [0.1, 0.15) is 45.1 Å². The summed E-state index contributed by atoms with van der Waals surface area (Å²) in [6.45, 7) is 5.41. The molecule has 0 bridgehead atoms. The second-order valence-corrected chi connectivity index (χ2v) is 9.06. The van der Waals surface area contributed by atoms with Gasteiger partial charge in [-0.3, -0.25) is 4.79 Å². The lowest BCUT2D eigenvalue weighted by atomic mass is 9.98. The SMILES string of the molecule is CCC(CC)OC(=O)n1nc(NC(=O)[C@@H]2CCCNC2)c2cc(-c3cc(C#N)ccc3Cl)ccc21.Cl. The molecule has 0 aliphatic carbocycles.